The van der Waals surface area contributed by atoms with E-state index in [1.54, 1.807) is 0 Å². The van der Waals surface area contributed by atoms with Gasteiger partial charge in [-0.15, -0.1) is 0 Å². The summed E-state index contributed by atoms with van der Waals surface area (Å²) in [5.74, 6) is 0.463. The van der Waals surface area contributed by atoms with Crippen LogP contribution in [-0.2, 0) is 4.79 Å². The maximum absolute atomic E-state index is 12.2. The van der Waals surface area contributed by atoms with E-state index in [4.69, 9.17) is 0 Å². The number of hydrogen-bond donors (Lipinski definition) is 2. The lowest BCUT2D eigenvalue weighted by molar-refractivity contribution is -0.126. The lowest BCUT2D eigenvalue weighted by atomic mass is 9.89. The lowest BCUT2D eigenvalue weighted by Crippen LogP contribution is -2.48. The van der Waals surface area contributed by atoms with Gasteiger partial charge in [0.05, 0.1) is 5.92 Å². The number of carbonyl (C=O) groups is 1. The number of carbonyl (C=O) groups excluding carboxylic acids is 1. The van der Waals surface area contributed by atoms with Crippen LogP contribution in [0.2, 0.25) is 0 Å². The van der Waals surface area contributed by atoms with Crippen molar-refractivity contribution in [2.75, 3.05) is 27.2 Å². The second kappa shape index (κ2) is 6.53. The molecule has 2 rings (SSSR count). The van der Waals surface area contributed by atoms with Gasteiger partial charge in [0.15, 0.2) is 0 Å². The largest absolute Gasteiger partial charge is 0.353 e. The highest BCUT2D eigenvalue weighted by Crippen LogP contribution is 2.22. The molecule has 4 nitrogen and oxygen atoms in total. The third-order valence-electron chi connectivity index (χ3n) is 4.39. The molecule has 2 N–H and O–H groups in total. The van der Waals surface area contributed by atoms with Crippen LogP contribution in [-0.4, -0.2) is 50.1 Å². The van der Waals surface area contributed by atoms with Crippen molar-refractivity contribution >= 4 is 5.91 Å². The molecule has 1 aliphatic heterocycles. The Morgan fingerprint density at radius 3 is 2.72 bits per heavy atom. The Labute approximate surface area is 110 Å². The summed E-state index contributed by atoms with van der Waals surface area (Å²) < 4.78 is 0. The van der Waals surface area contributed by atoms with Crippen LogP contribution in [0.15, 0.2) is 0 Å². The highest BCUT2D eigenvalue weighted by molar-refractivity contribution is 5.79. The van der Waals surface area contributed by atoms with Crippen molar-refractivity contribution in [2.45, 2.75) is 50.6 Å². The van der Waals surface area contributed by atoms with E-state index in [0.717, 1.165) is 38.8 Å². The van der Waals surface area contributed by atoms with Gasteiger partial charge in [0, 0.05) is 18.6 Å². The van der Waals surface area contributed by atoms with E-state index in [9.17, 15) is 4.79 Å². The van der Waals surface area contributed by atoms with Crippen LogP contribution in [0, 0.1) is 5.92 Å². The molecular formula is C14H27N3O. The summed E-state index contributed by atoms with van der Waals surface area (Å²) in [6.45, 7) is 1.92. The molecule has 104 valence electrons. The Hall–Kier alpha value is -0.610. The zero-order valence-corrected chi connectivity index (χ0v) is 11.7. The van der Waals surface area contributed by atoms with E-state index in [2.05, 4.69) is 29.6 Å². The molecular weight excluding hydrogens is 226 g/mol. The van der Waals surface area contributed by atoms with Gasteiger partial charge in [-0.25, -0.2) is 0 Å². The van der Waals surface area contributed by atoms with Crippen LogP contribution >= 0.6 is 0 Å². The minimum atomic E-state index is 0.193. The number of rotatable bonds is 3. The van der Waals surface area contributed by atoms with Gasteiger partial charge >= 0.3 is 0 Å². The molecule has 3 atom stereocenters. The second-order valence-electron chi connectivity index (χ2n) is 6.03. The maximum atomic E-state index is 12.2. The van der Waals surface area contributed by atoms with E-state index in [-0.39, 0.29) is 11.8 Å². The molecule has 0 spiro atoms. The molecule has 0 aromatic heterocycles. The first-order valence-electron chi connectivity index (χ1n) is 7.34. The van der Waals surface area contributed by atoms with Gasteiger partial charge in [0.2, 0.25) is 5.91 Å². The molecule has 2 aliphatic rings. The van der Waals surface area contributed by atoms with Crippen molar-refractivity contribution in [3.8, 4) is 0 Å². The van der Waals surface area contributed by atoms with Crippen molar-refractivity contribution in [2.24, 2.45) is 5.92 Å². The lowest BCUT2D eigenvalue weighted by Gasteiger charge is -2.34. The fraction of sp³-hybridized carbons (Fsp3) is 0.929. The summed E-state index contributed by atoms with van der Waals surface area (Å²) in [5.41, 5.74) is 0. The van der Waals surface area contributed by atoms with Gasteiger partial charge in [-0.05, 0) is 59.2 Å². The zero-order chi connectivity index (χ0) is 13.0. The molecule has 1 saturated carbocycles. The quantitative estimate of drug-likeness (QED) is 0.788. The topological polar surface area (TPSA) is 44.4 Å². The molecule has 1 amide bonds. The summed E-state index contributed by atoms with van der Waals surface area (Å²) in [6, 6.07) is 1.02. The van der Waals surface area contributed by atoms with Crippen molar-refractivity contribution < 1.29 is 4.79 Å². The molecule has 3 unspecified atom stereocenters. The highest BCUT2D eigenvalue weighted by atomic mass is 16.2. The maximum Gasteiger partial charge on any atom is 0.224 e. The molecule has 1 heterocycles. The fourth-order valence-corrected chi connectivity index (χ4v) is 3.16. The molecule has 4 heteroatoms. The minimum absolute atomic E-state index is 0.193. The Morgan fingerprint density at radius 1 is 1.22 bits per heavy atom. The first-order chi connectivity index (χ1) is 8.66. The van der Waals surface area contributed by atoms with Crippen LogP contribution in [0.3, 0.4) is 0 Å². The first-order valence-corrected chi connectivity index (χ1v) is 7.34. The summed E-state index contributed by atoms with van der Waals surface area (Å²) in [7, 11) is 4.28. The van der Waals surface area contributed by atoms with Gasteiger partial charge in [-0.3, -0.25) is 4.79 Å². The molecule has 2 fully saturated rings. The highest BCUT2D eigenvalue weighted by Gasteiger charge is 2.27. The van der Waals surface area contributed by atoms with E-state index in [1.807, 2.05) is 0 Å². The van der Waals surface area contributed by atoms with Gasteiger partial charge in [0.1, 0.15) is 0 Å². The van der Waals surface area contributed by atoms with Crippen molar-refractivity contribution in [3.63, 3.8) is 0 Å². The molecule has 1 saturated heterocycles. The first kappa shape index (κ1) is 13.8. The SMILES string of the molecule is CN(C)C1CCCC(NC(=O)C2CCCNC2)C1. The van der Waals surface area contributed by atoms with E-state index >= 15 is 0 Å². The predicted octanol–water partition coefficient (Wildman–Crippen LogP) is 0.975. The number of amides is 1. The van der Waals surface area contributed by atoms with Crippen molar-refractivity contribution in [3.05, 3.63) is 0 Å². The van der Waals surface area contributed by atoms with Crippen molar-refractivity contribution in [1.29, 1.82) is 0 Å². The van der Waals surface area contributed by atoms with E-state index in [0.29, 0.717) is 12.1 Å². The minimum Gasteiger partial charge on any atom is -0.353 e. The molecule has 18 heavy (non-hydrogen) atoms. The Balaban J connectivity index is 1.79. The van der Waals surface area contributed by atoms with Gasteiger partial charge in [0.25, 0.3) is 0 Å². The molecule has 0 aromatic rings. The van der Waals surface area contributed by atoms with Crippen LogP contribution in [0.25, 0.3) is 0 Å². The summed E-state index contributed by atoms with van der Waals surface area (Å²) in [5, 5.41) is 6.58. The molecule has 1 aliphatic carbocycles. The average Bonchev–Trinajstić information content (AvgIpc) is 2.40. The number of nitrogens with one attached hydrogen (secondary N) is 2. The third-order valence-corrected chi connectivity index (χ3v) is 4.39. The summed E-state index contributed by atoms with van der Waals surface area (Å²) in [4.78, 5) is 14.5. The van der Waals surface area contributed by atoms with Crippen LogP contribution in [0.1, 0.15) is 38.5 Å². The number of hydrogen-bond acceptors (Lipinski definition) is 3. The molecule has 0 radical (unpaired) electrons. The number of piperidine rings is 1. The van der Waals surface area contributed by atoms with E-state index < -0.39 is 0 Å². The Morgan fingerprint density at radius 2 is 2.06 bits per heavy atom. The van der Waals surface area contributed by atoms with Gasteiger partial charge < -0.3 is 15.5 Å². The Bertz CT molecular complexity index is 274. The standard InChI is InChI=1S/C14H27N3O/c1-17(2)13-7-3-6-12(9-13)16-14(18)11-5-4-8-15-10-11/h11-13,15H,3-10H2,1-2H3,(H,16,18). The van der Waals surface area contributed by atoms with Gasteiger partial charge in [-0.2, -0.15) is 0 Å². The molecule has 0 bridgehead atoms. The van der Waals surface area contributed by atoms with Crippen molar-refractivity contribution in [1.82, 2.24) is 15.5 Å². The van der Waals surface area contributed by atoms with Crippen LogP contribution < -0.4 is 10.6 Å². The summed E-state index contributed by atoms with van der Waals surface area (Å²) in [6.07, 6.45) is 6.93. The zero-order valence-electron chi connectivity index (χ0n) is 11.7. The molecule has 0 aromatic carbocycles. The smallest absolute Gasteiger partial charge is 0.224 e. The Kier molecular flexibility index (Phi) is 5.01. The average molecular weight is 253 g/mol. The predicted molar refractivity (Wildman–Crippen MR) is 73.5 cm³/mol. The third kappa shape index (κ3) is 3.69. The normalized spacial score (nSPS) is 33.4. The monoisotopic (exact) mass is 253 g/mol. The van der Waals surface area contributed by atoms with Gasteiger partial charge in [-0.1, -0.05) is 0 Å². The number of nitrogens with zero attached hydrogens (tertiary/aromatic N) is 1. The summed E-state index contributed by atoms with van der Waals surface area (Å²) >= 11 is 0. The van der Waals surface area contributed by atoms with Crippen LogP contribution in [0.4, 0.5) is 0 Å². The second-order valence-corrected chi connectivity index (χ2v) is 6.03. The van der Waals surface area contributed by atoms with Crippen LogP contribution in [0.5, 0.6) is 0 Å². The fourth-order valence-electron chi connectivity index (χ4n) is 3.16. The van der Waals surface area contributed by atoms with E-state index in [1.165, 1.54) is 12.8 Å².